The van der Waals surface area contributed by atoms with Crippen LogP contribution in [-0.2, 0) is 9.47 Å². The fourth-order valence-corrected chi connectivity index (χ4v) is 2.07. The number of methoxy groups -OCH3 is 1. The van der Waals surface area contributed by atoms with Crippen LogP contribution in [0.5, 0.6) is 0 Å². The Balaban J connectivity index is 2.26. The Morgan fingerprint density at radius 1 is 1.43 bits per heavy atom. The lowest BCUT2D eigenvalue weighted by Crippen LogP contribution is -2.31. The summed E-state index contributed by atoms with van der Waals surface area (Å²) in [5.74, 6) is 0.614. The van der Waals surface area contributed by atoms with E-state index in [-0.39, 0.29) is 12.2 Å². The van der Waals surface area contributed by atoms with Crippen LogP contribution in [0.2, 0.25) is 0 Å². The lowest BCUT2D eigenvalue weighted by molar-refractivity contribution is -0.0350. The van der Waals surface area contributed by atoms with E-state index in [4.69, 9.17) is 9.47 Å². The molecule has 84 valence electrons. The third kappa shape index (κ3) is 3.56. The molecule has 0 radical (unpaired) electrons. The molecule has 1 N–H and O–H groups in total. The highest BCUT2D eigenvalue weighted by Gasteiger charge is 2.22. The van der Waals surface area contributed by atoms with E-state index in [9.17, 15) is 5.11 Å². The van der Waals surface area contributed by atoms with Gasteiger partial charge in [0, 0.05) is 20.3 Å². The molecule has 0 aromatic heterocycles. The van der Waals surface area contributed by atoms with Gasteiger partial charge in [0.05, 0.1) is 12.2 Å². The van der Waals surface area contributed by atoms with Gasteiger partial charge in [-0.2, -0.15) is 0 Å². The minimum Gasteiger partial charge on any atom is -0.390 e. The molecule has 1 aliphatic rings. The molecule has 0 amide bonds. The van der Waals surface area contributed by atoms with E-state index in [0.29, 0.717) is 5.92 Å². The lowest BCUT2D eigenvalue weighted by Gasteiger charge is -2.27. The second-order valence-corrected chi connectivity index (χ2v) is 4.04. The Hall–Kier alpha value is -0.120. The van der Waals surface area contributed by atoms with Crippen LogP contribution in [0.15, 0.2) is 0 Å². The van der Waals surface area contributed by atoms with E-state index < -0.39 is 0 Å². The standard InChI is InChI=1S/C11H22O3/c1-3-11(13-2)10(12)8-9-4-6-14-7-5-9/h9-12H,3-8H2,1-2H3. The molecule has 14 heavy (non-hydrogen) atoms. The van der Waals surface area contributed by atoms with Gasteiger partial charge in [0.25, 0.3) is 0 Å². The quantitative estimate of drug-likeness (QED) is 0.735. The van der Waals surface area contributed by atoms with E-state index >= 15 is 0 Å². The Labute approximate surface area is 86.4 Å². The molecule has 0 aliphatic carbocycles. The van der Waals surface area contributed by atoms with Crippen LogP contribution in [-0.4, -0.2) is 37.6 Å². The van der Waals surface area contributed by atoms with Crippen LogP contribution < -0.4 is 0 Å². The maximum Gasteiger partial charge on any atom is 0.0827 e. The van der Waals surface area contributed by atoms with E-state index in [1.165, 1.54) is 0 Å². The molecule has 0 spiro atoms. The summed E-state index contributed by atoms with van der Waals surface area (Å²) >= 11 is 0. The first-order valence-electron chi connectivity index (χ1n) is 5.56. The summed E-state index contributed by atoms with van der Waals surface area (Å²) in [4.78, 5) is 0. The Morgan fingerprint density at radius 2 is 2.07 bits per heavy atom. The second-order valence-electron chi connectivity index (χ2n) is 4.04. The van der Waals surface area contributed by atoms with Crippen LogP contribution in [0.3, 0.4) is 0 Å². The lowest BCUT2D eigenvalue weighted by atomic mass is 9.91. The summed E-state index contributed by atoms with van der Waals surface area (Å²) in [5.41, 5.74) is 0. The van der Waals surface area contributed by atoms with Crippen molar-refractivity contribution in [3.05, 3.63) is 0 Å². The fraction of sp³-hybridized carbons (Fsp3) is 1.00. The van der Waals surface area contributed by atoms with Crippen molar-refractivity contribution in [2.24, 2.45) is 5.92 Å². The van der Waals surface area contributed by atoms with E-state index in [1.807, 2.05) is 6.92 Å². The summed E-state index contributed by atoms with van der Waals surface area (Å²) in [6, 6.07) is 0. The topological polar surface area (TPSA) is 38.7 Å². The molecule has 1 rings (SSSR count). The minimum atomic E-state index is -0.312. The molecule has 2 atom stereocenters. The molecule has 0 bridgehead atoms. The average molecular weight is 202 g/mol. The van der Waals surface area contributed by atoms with Gasteiger partial charge in [0.1, 0.15) is 0 Å². The van der Waals surface area contributed by atoms with Crippen LogP contribution in [0.4, 0.5) is 0 Å². The summed E-state index contributed by atoms with van der Waals surface area (Å²) in [5, 5.41) is 9.90. The normalized spacial score (nSPS) is 23.4. The van der Waals surface area contributed by atoms with Crippen molar-refractivity contribution in [1.29, 1.82) is 0 Å². The molecule has 3 nitrogen and oxygen atoms in total. The smallest absolute Gasteiger partial charge is 0.0827 e. The van der Waals surface area contributed by atoms with Gasteiger partial charge in [-0.05, 0) is 31.6 Å². The molecule has 2 unspecified atom stereocenters. The van der Waals surface area contributed by atoms with Gasteiger partial charge in [-0.25, -0.2) is 0 Å². The first-order chi connectivity index (χ1) is 6.77. The maximum absolute atomic E-state index is 9.90. The van der Waals surface area contributed by atoms with Gasteiger partial charge in [-0.3, -0.25) is 0 Å². The van der Waals surface area contributed by atoms with Crippen LogP contribution >= 0.6 is 0 Å². The van der Waals surface area contributed by atoms with Gasteiger partial charge in [0.2, 0.25) is 0 Å². The van der Waals surface area contributed by atoms with E-state index in [1.54, 1.807) is 7.11 Å². The van der Waals surface area contributed by atoms with Crippen molar-refractivity contribution >= 4 is 0 Å². The zero-order valence-corrected chi connectivity index (χ0v) is 9.24. The first kappa shape index (κ1) is 12.0. The Kier molecular flexibility index (Phi) is 5.45. The van der Waals surface area contributed by atoms with Gasteiger partial charge < -0.3 is 14.6 Å². The summed E-state index contributed by atoms with van der Waals surface area (Å²) in [7, 11) is 1.67. The number of rotatable bonds is 5. The molecular formula is C11H22O3. The van der Waals surface area contributed by atoms with Gasteiger partial charge in [-0.1, -0.05) is 6.92 Å². The number of hydrogen-bond acceptors (Lipinski definition) is 3. The van der Waals surface area contributed by atoms with Gasteiger partial charge >= 0.3 is 0 Å². The van der Waals surface area contributed by atoms with Crippen LogP contribution in [0, 0.1) is 5.92 Å². The fourth-order valence-electron chi connectivity index (χ4n) is 2.07. The van der Waals surface area contributed by atoms with E-state index in [2.05, 4.69) is 0 Å². The van der Waals surface area contributed by atoms with Crippen molar-refractivity contribution in [3.63, 3.8) is 0 Å². The van der Waals surface area contributed by atoms with Crippen molar-refractivity contribution in [1.82, 2.24) is 0 Å². The van der Waals surface area contributed by atoms with Crippen molar-refractivity contribution in [2.45, 2.75) is 44.8 Å². The third-order valence-corrected chi connectivity index (χ3v) is 3.05. The number of aliphatic hydroxyl groups excluding tert-OH is 1. The molecule has 1 aliphatic heterocycles. The highest BCUT2D eigenvalue weighted by atomic mass is 16.5. The zero-order valence-electron chi connectivity index (χ0n) is 9.24. The van der Waals surface area contributed by atoms with Crippen molar-refractivity contribution in [3.8, 4) is 0 Å². The average Bonchev–Trinajstić information content (AvgIpc) is 2.21. The molecule has 0 aromatic rings. The second kappa shape index (κ2) is 6.38. The zero-order chi connectivity index (χ0) is 10.4. The summed E-state index contributed by atoms with van der Waals surface area (Å²) in [6.45, 7) is 3.74. The van der Waals surface area contributed by atoms with Crippen molar-refractivity contribution in [2.75, 3.05) is 20.3 Å². The Morgan fingerprint density at radius 3 is 2.57 bits per heavy atom. The summed E-state index contributed by atoms with van der Waals surface area (Å²) in [6.07, 6.45) is 3.58. The van der Waals surface area contributed by atoms with Gasteiger partial charge in [0.15, 0.2) is 0 Å². The highest BCUT2D eigenvalue weighted by Crippen LogP contribution is 2.22. The number of ether oxygens (including phenoxy) is 2. The first-order valence-corrected chi connectivity index (χ1v) is 5.56. The van der Waals surface area contributed by atoms with E-state index in [0.717, 1.165) is 38.9 Å². The monoisotopic (exact) mass is 202 g/mol. The number of aliphatic hydroxyl groups is 1. The molecule has 3 heteroatoms. The predicted molar refractivity (Wildman–Crippen MR) is 55.3 cm³/mol. The molecule has 1 heterocycles. The SMILES string of the molecule is CCC(OC)C(O)CC1CCOCC1. The number of hydrogen-bond donors (Lipinski definition) is 1. The largest absolute Gasteiger partial charge is 0.390 e. The predicted octanol–water partition coefficient (Wildman–Crippen LogP) is 1.59. The van der Waals surface area contributed by atoms with Crippen LogP contribution in [0.1, 0.15) is 32.6 Å². The molecule has 0 aromatic carbocycles. The van der Waals surface area contributed by atoms with Crippen LogP contribution in [0.25, 0.3) is 0 Å². The third-order valence-electron chi connectivity index (χ3n) is 3.05. The minimum absolute atomic E-state index is 0.00200. The highest BCUT2D eigenvalue weighted by molar-refractivity contribution is 4.73. The Bertz CT molecular complexity index is 139. The van der Waals surface area contributed by atoms with Crippen molar-refractivity contribution < 1.29 is 14.6 Å². The summed E-state index contributed by atoms with van der Waals surface area (Å²) < 4.78 is 10.5. The molecule has 1 saturated heterocycles. The molecule has 0 saturated carbocycles. The maximum atomic E-state index is 9.90. The molecular weight excluding hydrogens is 180 g/mol. The van der Waals surface area contributed by atoms with Gasteiger partial charge in [-0.15, -0.1) is 0 Å². The molecule has 1 fully saturated rings.